The number of carbonyl (C=O) groups is 2. The zero-order valence-corrected chi connectivity index (χ0v) is 22.0. The molecule has 0 spiro atoms. The minimum atomic E-state index is -0.488. The van der Waals surface area contributed by atoms with Crippen LogP contribution in [0.4, 0.5) is 5.69 Å². The number of aryl methyl sites for hydroxylation is 1. The van der Waals surface area contributed by atoms with Gasteiger partial charge in [0.1, 0.15) is 5.75 Å². The maximum atomic E-state index is 14.4. The van der Waals surface area contributed by atoms with Crippen molar-refractivity contribution >= 4 is 28.4 Å². The zero-order chi connectivity index (χ0) is 26.4. The average Bonchev–Trinajstić information content (AvgIpc) is 3.30. The Morgan fingerprint density at radius 3 is 2.32 bits per heavy atom. The molecular weight excluding hydrogens is 476 g/mol. The Balaban J connectivity index is 1.37. The van der Waals surface area contributed by atoms with E-state index in [1.54, 1.807) is 12.0 Å². The number of carbonyl (C=O) groups excluding carboxylic acids is 2. The number of piperazine rings is 1. The summed E-state index contributed by atoms with van der Waals surface area (Å²) >= 11 is 0. The minimum absolute atomic E-state index is 0.0522. The van der Waals surface area contributed by atoms with Crippen molar-refractivity contribution in [3.05, 3.63) is 95.7 Å². The van der Waals surface area contributed by atoms with Crippen molar-refractivity contribution in [2.75, 3.05) is 45.2 Å². The maximum absolute atomic E-state index is 14.4. The standard InChI is InChI=1S/C31H32N4O3/c1-32-20-24(21-10-6-7-13-25(21)32)29-28(22-11-4-5-12-23(22)30(36)33(29)2)31(37)35-18-16-34(17-19-35)26-14-8-9-15-27(26)38-3/h4-15,20,28-29H,16-19H2,1-3H3. The lowest BCUT2D eigenvalue weighted by Gasteiger charge is -2.43. The first kappa shape index (κ1) is 24.1. The Labute approximate surface area is 222 Å². The molecule has 2 amide bonds. The smallest absolute Gasteiger partial charge is 0.254 e. The number of amides is 2. The molecule has 0 saturated carbocycles. The van der Waals surface area contributed by atoms with Crippen LogP contribution < -0.4 is 9.64 Å². The summed E-state index contributed by atoms with van der Waals surface area (Å²) in [6, 6.07) is 23.4. The third-order valence-electron chi connectivity index (χ3n) is 8.11. The predicted octanol–water partition coefficient (Wildman–Crippen LogP) is 4.45. The number of aromatic nitrogens is 1. The van der Waals surface area contributed by atoms with Crippen molar-refractivity contribution in [2.45, 2.75) is 12.0 Å². The number of hydrogen-bond donors (Lipinski definition) is 0. The second-order valence-electron chi connectivity index (χ2n) is 10.1. The van der Waals surface area contributed by atoms with E-state index in [2.05, 4.69) is 33.9 Å². The monoisotopic (exact) mass is 508 g/mol. The van der Waals surface area contributed by atoms with Gasteiger partial charge in [-0.3, -0.25) is 9.59 Å². The van der Waals surface area contributed by atoms with Crippen molar-refractivity contribution in [1.82, 2.24) is 14.4 Å². The van der Waals surface area contributed by atoms with Gasteiger partial charge in [0.05, 0.1) is 24.8 Å². The van der Waals surface area contributed by atoms with Crippen molar-refractivity contribution in [1.29, 1.82) is 0 Å². The summed E-state index contributed by atoms with van der Waals surface area (Å²) in [5.74, 6) is 0.361. The lowest BCUT2D eigenvalue weighted by atomic mass is 9.79. The molecule has 2 unspecified atom stereocenters. The Kier molecular flexibility index (Phi) is 6.06. The van der Waals surface area contributed by atoms with E-state index in [9.17, 15) is 9.59 Å². The normalized spacial score (nSPS) is 19.6. The Hall–Kier alpha value is -4.26. The summed E-state index contributed by atoms with van der Waals surface area (Å²) in [4.78, 5) is 33.9. The zero-order valence-electron chi connectivity index (χ0n) is 22.0. The van der Waals surface area contributed by atoms with Crippen LogP contribution in [-0.2, 0) is 11.8 Å². The van der Waals surface area contributed by atoms with Crippen LogP contribution >= 0.6 is 0 Å². The number of anilines is 1. The van der Waals surface area contributed by atoms with E-state index in [1.807, 2.05) is 73.6 Å². The fraction of sp³-hybridized carbons (Fsp3) is 0.290. The summed E-state index contributed by atoms with van der Waals surface area (Å²) in [5.41, 5.74) is 4.55. The summed E-state index contributed by atoms with van der Waals surface area (Å²) in [7, 11) is 5.52. The first-order valence-corrected chi connectivity index (χ1v) is 13.1. The molecule has 7 heteroatoms. The van der Waals surface area contributed by atoms with E-state index in [1.165, 1.54) is 0 Å². The van der Waals surface area contributed by atoms with Crippen molar-refractivity contribution in [2.24, 2.45) is 7.05 Å². The summed E-state index contributed by atoms with van der Waals surface area (Å²) in [5, 5.41) is 1.07. The molecule has 3 heterocycles. The number of rotatable bonds is 4. The number of methoxy groups -OCH3 is 1. The highest BCUT2D eigenvalue weighted by molar-refractivity contribution is 6.02. The molecule has 1 aromatic heterocycles. The molecule has 1 fully saturated rings. The Bertz CT molecular complexity index is 1520. The van der Waals surface area contributed by atoms with Crippen LogP contribution in [0.5, 0.6) is 5.75 Å². The largest absolute Gasteiger partial charge is 0.495 e. The van der Waals surface area contributed by atoms with Gasteiger partial charge in [-0.05, 0) is 29.8 Å². The quantitative estimate of drug-likeness (QED) is 0.409. The van der Waals surface area contributed by atoms with Gasteiger partial charge in [0, 0.05) is 68.5 Å². The minimum Gasteiger partial charge on any atom is -0.495 e. The van der Waals surface area contributed by atoms with Gasteiger partial charge in [0.25, 0.3) is 5.91 Å². The third kappa shape index (κ3) is 3.81. The van der Waals surface area contributed by atoms with E-state index in [0.717, 1.165) is 33.5 Å². The van der Waals surface area contributed by atoms with E-state index in [0.29, 0.717) is 31.7 Å². The van der Waals surface area contributed by atoms with Crippen LogP contribution in [0.15, 0.2) is 79.0 Å². The SMILES string of the molecule is COc1ccccc1N1CCN(C(=O)C2c3ccccc3C(=O)N(C)C2c2cn(C)c3ccccc23)CC1. The summed E-state index contributed by atoms with van der Waals surface area (Å²) in [6.07, 6.45) is 2.08. The first-order chi connectivity index (χ1) is 18.5. The molecule has 6 rings (SSSR count). The number of ether oxygens (including phenoxy) is 1. The molecule has 2 atom stereocenters. The van der Waals surface area contributed by atoms with Crippen molar-refractivity contribution in [3.8, 4) is 5.75 Å². The van der Waals surface area contributed by atoms with E-state index >= 15 is 0 Å². The highest BCUT2D eigenvalue weighted by atomic mass is 16.5. The summed E-state index contributed by atoms with van der Waals surface area (Å²) < 4.78 is 7.65. The van der Waals surface area contributed by atoms with Crippen LogP contribution in [0.1, 0.15) is 33.4 Å². The highest BCUT2D eigenvalue weighted by Gasteiger charge is 2.45. The molecule has 0 aliphatic carbocycles. The Morgan fingerprint density at radius 1 is 0.842 bits per heavy atom. The lowest BCUT2D eigenvalue weighted by Crippen LogP contribution is -2.53. The second-order valence-corrected chi connectivity index (χ2v) is 10.1. The lowest BCUT2D eigenvalue weighted by molar-refractivity contribution is -0.134. The number of benzene rings is 3. The number of para-hydroxylation sites is 3. The topological polar surface area (TPSA) is 58.0 Å². The number of likely N-dealkylation sites (N-methyl/N-ethyl adjacent to an activating group) is 1. The van der Waals surface area contributed by atoms with Crippen LogP contribution in [-0.4, -0.2) is 66.5 Å². The van der Waals surface area contributed by atoms with Gasteiger partial charge in [-0.15, -0.1) is 0 Å². The maximum Gasteiger partial charge on any atom is 0.254 e. The van der Waals surface area contributed by atoms with E-state index < -0.39 is 12.0 Å². The average molecular weight is 509 g/mol. The molecule has 2 aliphatic heterocycles. The predicted molar refractivity (Wildman–Crippen MR) is 149 cm³/mol. The molecule has 4 aromatic rings. The molecule has 2 aliphatic rings. The van der Waals surface area contributed by atoms with E-state index in [4.69, 9.17) is 4.74 Å². The van der Waals surface area contributed by atoms with Gasteiger partial charge in [-0.25, -0.2) is 0 Å². The number of fused-ring (bicyclic) bond motifs is 2. The van der Waals surface area contributed by atoms with Crippen molar-refractivity contribution in [3.63, 3.8) is 0 Å². The molecule has 0 bridgehead atoms. The molecule has 1 saturated heterocycles. The molecule has 7 nitrogen and oxygen atoms in total. The van der Waals surface area contributed by atoms with Crippen LogP contribution in [0.2, 0.25) is 0 Å². The van der Waals surface area contributed by atoms with Crippen LogP contribution in [0.25, 0.3) is 10.9 Å². The second kappa shape index (κ2) is 9.56. The van der Waals surface area contributed by atoms with Gasteiger partial charge in [0.2, 0.25) is 5.91 Å². The molecule has 3 aromatic carbocycles. The number of nitrogens with zero attached hydrogens (tertiary/aromatic N) is 4. The number of hydrogen-bond acceptors (Lipinski definition) is 4. The first-order valence-electron chi connectivity index (χ1n) is 13.1. The van der Waals surface area contributed by atoms with Gasteiger partial charge in [-0.1, -0.05) is 48.5 Å². The van der Waals surface area contributed by atoms with Gasteiger partial charge in [-0.2, -0.15) is 0 Å². The third-order valence-corrected chi connectivity index (χ3v) is 8.11. The molecule has 0 N–H and O–H groups in total. The summed E-state index contributed by atoms with van der Waals surface area (Å²) in [6.45, 7) is 2.65. The van der Waals surface area contributed by atoms with Gasteiger partial charge < -0.3 is 24.0 Å². The Morgan fingerprint density at radius 2 is 1.53 bits per heavy atom. The molecular formula is C31H32N4O3. The molecule has 38 heavy (non-hydrogen) atoms. The van der Waals surface area contributed by atoms with Gasteiger partial charge >= 0.3 is 0 Å². The molecule has 194 valence electrons. The van der Waals surface area contributed by atoms with Crippen molar-refractivity contribution < 1.29 is 14.3 Å². The van der Waals surface area contributed by atoms with E-state index in [-0.39, 0.29) is 11.8 Å². The highest BCUT2D eigenvalue weighted by Crippen LogP contribution is 2.45. The fourth-order valence-electron chi connectivity index (χ4n) is 6.19. The molecule has 0 radical (unpaired) electrons. The van der Waals surface area contributed by atoms with Crippen LogP contribution in [0.3, 0.4) is 0 Å². The van der Waals surface area contributed by atoms with Gasteiger partial charge in [0.15, 0.2) is 0 Å². The van der Waals surface area contributed by atoms with Crippen LogP contribution in [0, 0.1) is 0 Å². The fourth-order valence-corrected chi connectivity index (χ4v) is 6.19.